The average Bonchev–Trinajstić information content (AvgIpc) is 2.44. The molecule has 2 N–H and O–H groups in total. The van der Waals surface area contributed by atoms with Crippen molar-refractivity contribution in [2.24, 2.45) is 17.6 Å². The fourth-order valence-corrected chi connectivity index (χ4v) is 3.44. The van der Waals surface area contributed by atoms with E-state index in [9.17, 15) is 14.5 Å². The zero-order valence-corrected chi connectivity index (χ0v) is 12.4. The molecule has 0 heterocycles. The van der Waals surface area contributed by atoms with Crippen LogP contribution in [-0.4, -0.2) is 11.0 Å². The number of rotatable bonds is 5. The molecular weight excluding hydrogens is 271 g/mol. The average molecular weight is 294 g/mol. The lowest BCUT2D eigenvalue weighted by atomic mass is 9.74. The second kappa shape index (κ2) is 6.98. The van der Waals surface area contributed by atoms with E-state index in [-0.39, 0.29) is 12.0 Å². The van der Waals surface area contributed by atoms with E-state index in [4.69, 9.17) is 5.73 Å². The maximum atomic E-state index is 14.2. The highest BCUT2D eigenvalue weighted by Crippen LogP contribution is 2.34. The fourth-order valence-electron chi connectivity index (χ4n) is 3.44. The van der Waals surface area contributed by atoms with Crippen LogP contribution in [0.15, 0.2) is 18.2 Å². The molecule has 1 aromatic rings. The normalized spacial score (nSPS) is 25.8. The molecule has 1 aromatic carbocycles. The lowest BCUT2D eigenvalue weighted by molar-refractivity contribution is -0.387. The van der Waals surface area contributed by atoms with Gasteiger partial charge in [0.1, 0.15) is 0 Å². The summed E-state index contributed by atoms with van der Waals surface area (Å²) in [5.41, 5.74) is 6.15. The molecule has 0 aliphatic heterocycles. The fraction of sp³-hybridized carbons (Fsp3) is 0.625. The third kappa shape index (κ3) is 3.79. The van der Waals surface area contributed by atoms with Crippen molar-refractivity contribution in [3.05, 3.63) is 39.7 Å². The lowest BCUT2D eigenvalue weighted by Crippen LogP contribution is -2.37. The van der Waals surface area contributed by atoms with Crippen LogP contribution in [0.25, 0.3) is 0 Å². The van der Waals surface area contributed by atoms with Crippen molar-refractivity contribution in [1.29, 1.82) is 0 Å². The zero-order chi connectivity index (χ0) is 15.4. The Bertz CT molecular complexity index is 507. The smallest absolute Gasteiger partial charge is 0.305 e. The number of hydrogen-bond acceptors (Lipinski definition) is 3. The Morgan fingerprint density at radius 3 is 2.86 bits per heavy atom. The van der Waals surface area contributed by atoms with Gasteiger partial charge in [-0.05, 0) is 43.1 Å². The van der Waals surface area contributed by atoms with Crippen molar-refractivity contribution in [3.63, 3.8) is 0 Å². The molecule has 0 spiro atoms. The summed E-state index contributed by atoms with van der Waals surface area (Å²) in [6, 6.07) is 4.46. The highest BCUT2D eigenvalue weighted by atomic mass is 19.1. The quantitative estimate of drug-likeness (QED) is 0.663. The number of nitrogens with zero attached hydrogens (tertiary/aromatic N) is 1. The third-order valence-corrected chi connectivity index (χ3v) is 4.58. The molecule has 2 rings (SSSR count). The minimum Gasteiger partial charge on any atom is -0.327 e. The molecule has 0 amide bonds. The molecule has 116 valence electrons. The summed E-state index contributed by atoms with van der Waals surface area (Å²) >= 11 is 0. The highest BCUT2D eigenvalue weighted by molar-refractivity contribution is 5.37. The maximum absolute atomic E-state index is 14.2. The molecule has 0 saturated heterocycles. The number of nitro benzene ring substituents is 1. The summed E-state index contributed by atoms with van der Waals surface area (Å²) < 4.78 is 14.2. The van der Waals surface area contributed by atoms with Crippen LogP contribution in [0.5, 0.6) is 0 Å². The van der Waals surface area contributed by atoms with E-state index in [0.717, 1.165) is 25.7 Å². The molecule has 4 nitrogen and oxygen atoms in total. The van der Waals surface area contributed by atoms with E-state index in [1.165, 1.54) is 12.5 Å². The van der Waals surface area contributed by atoms with Gasteiger partial charge >= 0.3 is 5.69 Å². The molecule has 3 atom stereocenters. The molecule has 5 heteroatoms. The minimum atomic E-state index is -0.702. The van der Waals surface area contributed by atoms with Crippen LogP contribution >= 0.6 is 0 Å². The monoisotopic (exact) mass is 294 g/mol. The van der Waals surface area contributed by atoms with Crippen LogP contribution < -0.4 is 5.73 Å². The van der Waals surface area contributed by atoms with Gasteiger partial charge in [-0.25, -0.2) is 0 Å². The number of hydrogen-bond donors (Lipinski definition) is 1. The largest absolute Gasteiger partial charge is 0.327 e. The van der Waals surface area contributed by atoms with Gasteiger partial charge in [0.05, 0.1) is 4.92 Å². The Balaban J connectivity index is 2.13. The van der Waals surface area contributed by atoms with Gasteiger partial charge in [-0.2, -0.15) is 4.39 Å². The van der Waals surface area contributed by atoms with Gasteiger partial charge in [0.15, 0.2) is 0 Å². The van der Waals surface area contributed by atoms with Crippen LogP contribution in [0.1, 0.15) is 44.6 Å². The molecule has 3 unspecified atom stereocenters. The maximum Gasteiger partial charge on any atom is 0.305 e. The predicted octanol–water partition coefficient (Wildman–Crippen LogP) is 3.82. The first-order chi connectivity index (χ1) is 10.0. The predicted molar refractivity (Wildman–Crippen MR) is 80.5 cm³/mol. The zero-order valence-electron chi connectivity index (χ0n) is 12.4. The molecule has 0 bridgehead atoms. The number of benzene rings is 1. The van der Waals surface area contributed by atoms with Gasteiger partial charge in [-0.1, -0.05) is 31.9 Å². The van der Waals surface area contributed by atoms with Gasteiger partial charge in [0.2, 0.25) is 5.82 Å². The first-order valence-electron chi connectivity index (χ1n) is 7.70. The molecule has 0 radical (unpaired) electrons. The second-order valence-corrected chi connectivity index (χ2v) is 6.10. The van der Waals surface area contributed by atoms with Gasteiger partial charge in [0.25, 0.3) is 0 Å². The molecule has 1 aliphatic rings. The van der Waals surface area contributed by atoms with Crippen LogP contribution in [0.3, 0.4) is 0 Å². The van der Waals surface area contributed by atoms with Crippen molar-refractivity contribution < 1.29 is 9.31 Å². The Morgan fingerprint density at radius 1 is 1.43 bits per heavy atom. The first kappa shape index (κ1) is 15.9. The van der Waals surface area contributed by atoms with E-state index in [1.807, 2.05) is 0 Å². The van der Waals surface area contributed by atoms with Crippen LogP contribution in [0, 0.1) is 27.8 Å². The van der Waals surface area contributed by atoms with Crippen molar-refractivity contribution in [2.75, 3.05) is 0 Å². The van der Waals surface area contributed by atoms with Crippen LogP contribution in [-0.2, 0) is 6.42 Å². The van der Waals surface area contributed by atoms with E-state index in [1.54, 1.807) is 12.1 Å². The van der Waals surface area contributed by atoms with E-state index >= 15 is 0 Å². The first-order valence-corrected chi connectivity index (χ1v) is 7.70. The van der Waals surface area contributed by atoms with Crippen molar-refractivity contribution in [1.82, 2.24) is 0 Å². The number of halogens is 1. The SMILES string of the molecule is CCCC1CCC(N)C(Cc2cccc([N+](=O)[O-])c2F)C1. The van der Waals surface area contributed by atoms with Crippen LogP contribution in [0.2, 0.25) is 0 Å². The summed E-state index contributed by atoms with van der Waals surface area (Å²) in [4.78, 5) is 10.1. The Labute approximate surface area is 124 Å². The Kier molecular flexibility index (Phi) is 5.28. The summed E-state index contributed by atoms with van der Waals surface area (Å²) in [6.07, 6.45) is 5.93. The van der Waals surface area contributed by atoms with E-state index in [2.05, 4.69) is 6.92 Å². The third-order valence-electron chi connectivity index (χ3n) is 4.58. The van der Waals surface area contributed by atoms with E-state index < -0.39 is 16.4 Å². The summed E-state index contributed by atoms with van der Waals surface area (Å²) in [7, 11) is 0. The summed E-state index contributed by atoms with van der Waals surface area (Å²) in [5.74, 6) is 0.167. The second-order valence-electron chi connectivity index (χ2n) is 6.10. The Hall–Kier alpha value is -1.49. The van der Waals surface area contributed by atoms with Gasteiger partial charge in [-0.3, -0.25) is 10.1 Å². The van der Waals surface area contributed by atoms with Crippen molar-refractivity contribution in [2.45, 2.75) is 51.5 Å². The standard InChI is InChI=1S/C16H23FN2O2/c1-2-4-11-7-8-14(18)13(9-11)10-12-5-3-6-15(16(12)17)19(20)21/h3,5-6,11,13-14H,2,4,7-10,18H2,1H3. The topological polar surface area (TPSA) is 69.2 Å². The molecule has 1 saturated carbocycles. The van der Waals surface area contributed by atoms with Crippen molar-refractivity contribution in [3.8, 4) is 0 Å². The minimum absolute atomic E-state index is 0.0665. The van der Waals surface area contributed by atoms with Gasteiger partial charge in [0, 0.05) is 12.1 Å². The molecule has 1 fully saturated rings. The lowest BCUT2D eigenvalue weighted by Gasteiger charge is -2.34. The molecular formula is C16H23FN2O2. The molecule has 0 aromatic heterocycles. The highest BCUT2D eigenvalue weighted by Gasteiger charge is 2.29. The van der Waals surface area contributed by atoms with Crippen LogP contribution in [0.4, 0.5) is 10.1 Å². The van der Waals surface area contributed by atoms with Gasteiger partial charge in [-0.15, -0.1) is 0 Å². The van der Waals surface area contributed by atoms with E-state index in [0.29, 0.717) is 17.9 Å². The Morgan fingerprint density at radius 2 is 2.19 bits per heavy atom. The summed E-state index contributed by atoms with van der Waals surface area (Å²) in [6.45, 7) is 2.17. The molecule has 1 aliphatic carbocycles. The number of nitro groups is 1. The van der Waals surface area contributed by atoms with Crippen molar-refractivity contribution >= 4 is 5.69 Å². The molecule has 21 heavy (non-hydrogen) atoms. The number of nitrogens with two attached hydrogens (primary N) is 1. The summed E-state index contributed by atoms with van der Waals surface area (Å²) in [5, 5.41) is 10.8. The van der Waals surface area contributed by atoms with Gasteiger partial charge < -0.3 is 5.73 Å².